The molecule has 2 aromatic rings. The second-order valence-corrected chi connectivity index (χ2v) is 7.09. The number of H-pyrrole nitrogens is 1. The van der Waals surface area contributed by atoms with Crippen molar-refractivity contribution in [2.75, 3.05) is 0 Å². The van der Waals surface area contributed by atoms with Gasteiger partial charge in [-0.05, 0) is 24.1 Å². The molecule has 1 aromatic heterocycles. The second-order valence-electron chi connectivity index (χ2n) is 5.41. The summed E-state index contributed by atoms with van der Waals surface area (Å²) >= 11 is 6.35. The Balaban J connectivity index is 1.87. The molecule has 0 saturated carbocycles. The summed E-state index contributed by atoms with van der Waals surface area (Å²) in [5.74, 6) is -1.74. The maximum absolute atomic E-state index is 12.7. The number of pyridine rings is 1. The number of aliphatic carboxylic acids is 1. The number of hydrogen-bond donors (Lipinski definition) is 0. The molecule has 1 aromatic carbocycles. The van der Waals surface area contributed by atoms with Crippen molar-refractivity contribution in [1.29, 1.82) is 0 Å². The van der Waals surface area contributed by atoms with Crippen LogP contribution in [0.15, 0.2) is 59.8 Å². The van der Waals surface area contributed by atoms with Crippen molar-refractivity contribution in [1.82, 2.24) is 4.90 Å². The molecule has 1 amide bonds. The van der Waals surface area contributed by atoms with Gasteiger partial charge in [-0.25, -0.2) is 4.98 Å². The van der Waals surface area contributed by atoms with E-state index in [1.165, 1.54) is 0 Å². The minimum atomic E-state index is -1.32. The van der Waals surface area contributed by atoms with Gasteiger partial charge in [-0.2, -0.15) is 0 Å². The molecular weight excluding hydrogens is 356 g/mol. The summed E-state index contributed by atoms with van der Waals surface area (Å²) in [6.07, 6.45) is 5.33. The Morgan fingerprint density at radius 1 is 1.28 bits per heavy atom. The number of nitrogens with one attached hydrogen (secondary N) is 1. The average molecular weight is 370 g/mol. The van der Waals surface area contributed by atoms with Crippen LogP contribution in [0.5, 0.6) is 0 Å². The lowest BCUT2D eigenvalue weighted by molar-refractivity contribution is -0.378. The van der Waals surface area contributed by atoms with Gasteiger partial charge < -0.3 is 9.90 Å². The van der Waals surface area contributed by atoms with E-state index in [0.717, 1.165) is 27.8 Å². The van der Waals surface area contributed by atoms with Crippen LogP contribution in [0.25, 0.3) is 6.08 Å². The number of benzene rings is 1. The smallest absolute Gasteiger partial charge is 0.266 e. The number of aromatic amines is 1. The van der Waals surface area contributed by atoms with E-state index < -0.39 is 17.9 Å². The van der Waals surface area contributed by atoms with Gasteiger partial charge in [0.1, 0.15) is 4.32 Å². The molecule has 1 fully saturated rings. The van der Waals surface area contributed by atoms with Crippen LogP contribution in [0.2, 0.25) is 0 Å². The number of thiocarbonyl (C=S) groups is 1. The molecule has 126 valence electrons. The predicted molar refractivity (Wildman–Crippen MR) is 97.0 cm³/mol. The molecule has 5 nitrogen and oxygen atoms in total. The first kappa shape index (κ1) is 17.3. The van der Waals surface area contributed by atoms with E-state index in [4.69, 9.17) is 12.2 Å². The first-order chi connectivity index (χ1) is 12.1. The Bertz CT molecular complexity index is 838. The fourth-order valence-electron chi connectivity index (χ4n) is 2.51. The van der Waals surface area contributed by atoms with Gasteiger partial charge in [-0.3, -0.25) is 9.69 Å². The highest BCUT2D eigenvalue weighted by atomic mass is 32.2. The molecule has 1 N–H and O–H groups in total. The molecule has 0 radical (unpaired) electrons. The summed E-state index contributed by atoms with van der Waals surface area (Å²) in [7, 11) is 0. The van der Waals surface area contributed by atoms with E-state index in [9.17, 15) is 14.7 Å². The van der Waals surface area contributed by atoms with Gasteiger partial charge in [0, 0.05) is 11.6 Å². The highest BCUT2D eigenvalue weighted by molar-refractivity contribution is 8.26. The van der Waals surface area contributed by atoms with E-state index in [1.807, 2.05) is 42.5 Å². The van der Waals surface area contributed by atoms with Gasteiger partial charge in [0.25, 0.3) is 5.91 Å². The van der Waals surface area contributed by atoms with Gasteiger partial charge in [0.2, 0.25) is 0 Å². The summed E-state index contributed by atoms with van der Waals surface area (Å²) in [5.41, 5.74) is 1.60. The molecule has 1 atom stereocenters. The van der Waals surface area contributed by atoms with Crippen molar-refractivity contribution in [2.45, 2.75) is 12.5 Å². The van der Waals surface area contributed by atoms with Gasteiger partial charge in [0.15, 0.2) is 12.4 Å². The number of amides is 1. The highest BCUT2D eigenvalue weighted by Crippen LogP contribution is 2.34. The van der Waals surface area contributed by atoms with E-state index in [0.29, 0.717) is 4.91 Å². The molecule has 0 spiro atoms. The average Bonchev–Trinajstić information content (AvgIpc) is 2.88. The number of hydrogen-bond acceptors (Lipinski definition) is 5. The molecule has 2 heterocycles. The maximum atomic E-state index is 12.7. The molecule has 1 aliphatic rings. The largest absolute Gasteiger partial charge is 0.548 e. The number of rotatable bonds is 5. The standard InChI is InChI=1S/C18H14N2O3S2/c21-16-15(10-13-7-4-8-19-11-13)25-18(24)20(16)14(17(22)23)9-12-5-2-1-3-6-12/h1-8,10-11,14H,9H2,(H,22,23)/b15-10+. The molecule has 3 rings (SSSR count). The Morgan fingerprint density at radius 3 is 2.68 bits per heavy atom. The molecular formula is C18H14N2O3S2. The van der Waals surface area contributed by atoms with E-state index in [2.05, 4.69) is 4.98 Å². The fourth-order valence-corrected chi connectivity index (χ4v) is 3.87. The lowest BCUT2D eigenvalue weighted by Crippen LogP contribution is -2.51. The molecule has 1 saturated heterocycles. The van der Waals surface area contributed by atoms with Crippen LogP contribution in [-0.2, 0) is 16.0 Å². The molecule has 0 bridgehead atoms. The molecule has 25 heavy (non-hydrogen) atoms. The second kappa shape index (κ2) is 7.58. The van der Waals surface area contributed by atoms with Crippen LogP contribution >= 0.6 is 24.0 Å². The van der Waals surface area contributed by atoms with Crippen LogP contribution in [0.4, 0.5) is 0 Å². The van der Waals surface area contributed by atoms with Crippen LogP contribution in [0, 0.1) is 0 Å². The van der Waals surface area contributed by atoms with Crippen molar-refractivity contribution in [3.05, 3.63) is 70.9 Å². The SMILES string of the molecule is O=C([O-])C(Cc1ccccc1)N1C(=O)/C(=C\c2ccc[nH+]c2)SC1=S. The summed E-state index contributed by atoms with van der Waals surface area (Å²) < 4.78 is 0.223. The fraction of sp³-hybridized carbons (Fsp3) is 0.111. The Morgan fingerprint density at radius 2 is 2.04 bits per heavy atom. The molecule has 7 heteroatoms. The van der Waals surface area contributed by atoms with E-state index in [1.54, 1.807) is 18.5 Å². The number of nitrogens with zero attached hydrogens (tertiary/aromatic N) is 1. The third-order valence-electron chi connectivity index (χ3n) is 3.71. The van der Waals surface area contributed by atoms with E-state index >= 15 is 0 Å². The Kier molecular flexibility index (Phi) is 5.25. The maximum Gasteiger partial charge on any atom is 0.266 e. The van der Waals surface area contributed by atoms with Gasteiger partial charge in [-0.1, -0.05) is 54.3 Å². The monoisotopic (exact) mass is 370 g/mol. The summed E-state index contributed by atoms with van der Waals surface area (Å²) in [5, 5.41) is 11.6. The summed E-state index contributed by atoms with van der Waals surface area (Å²) in [4.78, 5) is 28.8. The van der Waals surface area contributed by atoms with Gasteiger partial charge in [0.05, 0.1) is 16.9 Å². The van der Waals surface area contributed by atoms with Crippen LogP contribution in [-0.4, -0.2) is 27.1 Å². The first-order valence-electron chi connectivity index (χ1n) is 7.54. The van der Waals surface area contributed by atoms with E-state index in [-0.39, 0.29) is 10.7 Å². The number of carbonyl (C=O) groups is 2. The zero-order valence-electron chi connectivity index (χ0n) is 13.0. The van der Waals surface area contributed by atoms with Gasteiger partial charge in [-0.15, -0.1) is 0 Å². The Labute approximate surface area is 154 Å². The number of carboxylic acid groups (broad SMARTS) is 1. The zero-order chi connectivity index (χ0) is 17.8. The lowest BCUT2D eigenvalue weighted by atomic mass is 10.0. The van der Waals surface area contributed by atoms with Crippen LogP contribution in [0.1, 0.15) is 11.1 Å². The number of aromatic nitrogens is 1. The van der Waals surface area contributed by atoms with Crippen molar-refractivity contribution < 1.29 is 19.7 Å². The van der Waals surface area contributed by atoms with Crippen molar-refractivity contribution in [3.63, 3.8) is 0 Å². The highest BCUT2D eigenvalue weighted by Gasteiger charge is 2.37. The number of carbonyl (C=O) groups excluding carboxylic acids is 2. The van der Waals surface area contributed by atoms with Gasteiger partial charge >= 0.3 is 0 Å². The minimum Gasteiger partial charge on any atom is -0.548 e. The van der Waals surface area contributed by atoms with Crippen LogP contribution in [0.3, 0.4) is 0 Å². The summed E-state index contributed by atoms with van der Waals surface area (Å²) in [6, 6.07) is 11.6. The quantitative estimate of drug-likeness (QED) is 0.581. The van der Waals surface area contributed by atoms with Crippen molar-refractivity contribution in [2.24, 2.45) is 0 Å². The topological polar surface area (TPSA) is 74.6 Å². The third-order valence-corrected chi connectivity index (χ3v) is 5.04. The zero-order valence-corrected chi connectivity index (χ0v) is 14.7. The normalized spacial score (nSPS) is 17.1. The molecule has 1 unspecified atom stereocenters. The third kappa shape index (κ3) is 3.94. The summed E-state index contributed by atoms with van der Waals surface area (Å²) in [6.45, 7) is 0. The Hall–Kier alpha value is -2.51. The first-order valence-corrected chi connectivity index (χ1v) is 8.76. The minimum absolute atomic E-state index is 0.141. The molecule has 1 aliphatic heterocycles. The van der Waals surface area contributed by atoms with Crippen molar-refractivity contribution in [3.8, 4) is 0 Å². The van der Waals surface area contributed by atoms with Crippen LogP contribution < -0.4 is 10.1 Å². The number of carboxylic acids is 1. The van der Waals surface area contributed by atoms with Crippen molar-refractivity contribution >= 4 is 46.3 Å². The molecule has 0 aliphatic carbocycles. The predicted octanol–water partition coefficient (Wildman–Crippen LogP) is 1.06. The number of thioether (sulfide) groups is 1. The lowest BCUT2D eigenvalue weighted by Gasteiger charge is -2.27.